The van der Waals surface area contributed by atoms with Crippen molar-refractivity contribution in [1.29, 1.82) is 0 Å². The van der Waals surface area contributed by atoms with Crippen LogP contribution in [0.15, 0.2) is 83.8 Å². The number of halogens is 1. The molecule has 5 heteroatoms. The molecule has 0 N–H and O–H groups in total. The molecule has 31 heavy (non-hydrogen) atoms. The summed E-state index contributed by atoms with van der Waals surface area (Å²) in [7, 11) is 0. The second-order valence-electron chi connectivity index (χ2n) is 7.60. The molecule has 0 radical (unpaired) electrons. The summed E-state index contributed by atoms with van der Waals surface area (Å²) in [5.41, 5.74) is 2.22. The molecule has 0 amide bonds. The Bertz CT molecular complexity index is 968. The van der Waals surface area contributed by atoms with Gasteiger partial charge in [0.25, 0.3) is 0 Å². The fourth-order valence-electron chi connectivity index (χ4n) is 3.90. The lowest BCUT2D eigenvalue weighted by Gasteiger charge is -2.37. The van der Waals surface area contributed by atoms with Gasteiger partial charge < -0.3 is 9.47 Å². The van der Waals surface area contributed by atoms with Crippen molar-refractivity contribution in [3.05, 3.63) is 95.8 Å². The van der Waals surface area contributed by atoms with Crippen LogP contribution in [0.1, 0.15) is 23.3 Å². The van der Waals surface area contributed by atoms with Crippen molar-refractivity contribution in [2.24, 2.45) is 0 Å². The summed E-state index contributed by atoms with van der Waals surface area (Å²) in [6.45, 7) is 5.82. The third-order valence-electron chi connectivity index (χ3n) is 5.34. The van der Waals surface area contributed by atoms with E-state index in [-0.39, 0.29) is 17.2 Å². The molecular weight excluding hydrogens is 409 g/mol. The van der Waals surface area contributed by atoms with Crippen LogP contribution in [-0.2, 0) is 11.3 Å². The zero-order valence-electron chi connectivity index (χ0n) is 17.7. The molecule has 1 heterocycles. The molecule has 0 aliphatic carbocycles. The second kappa shape index (κ2) is 10.8. The SMILES string of the molecule is CCOc1ccccc1S[C@@H](c1cccc(F)c1)[C@@H]1CN(Cc2ccccc2)CCO1. The van der Waals surface area contributed by atoms with E-state index >= 15 is 0 Å². The van der Waals surface area contributed by atoms with Crippen molar-refractivity contribution in [2.45, 2.75) is 29.7 Å². The molecule has 2 atom stereocenters. The molecular formula is C26H28FNO2S. The van der Waals surface area contributed by atoms with Gasteiger partial charge in [0.15, 0.2) is 0 Å². The monoisotopic (exact) mass is 437 g/mol. The lowest BCUT2D eigenvalue weighted by atomic mass is 10.1. The summed E-state index contributed by atoms with van der Waals surface area (Å²) in [6, 6.07) is 25.4. The summed E-state index contributed by atoms with van der Waals surface area (Å²) in [5.74, 6) is 0.631. The van der Waals surface area contributed by atoms with Crippen LogP contribution in [0.25, 0.3) is 0 Å². The Morgan fingerprint density at radius 2 is 1.87 bits per heavy atom. The summed E-state index contributed by atoms with van der Waals surface area (Å²) < 4.78 is 26.2. The van der Waals surface area contributed by atoms with Gasteiger partial charge >= 0.3 is 0 Å². The predicted octanol–water partition coefficient (Wildman–Crippen LogP) is 5.96. The first kappa shape index (κ1) is 21.9. The van der Waals surface area contributed by atoms with E-state index in [2.05, 4.69) is 35.2 Å². The van der Waals surface area contributed by atoms with Crippen molar-refractivity contribution in [3.63, 3.8) is 0 Å². The van der Waals surface area contributed by atoms with E-state index in [0.717, 1.165) is 35.8 Å². The molecule has 0 bridgehead atoms. The maximum absolute atomic E-state index is 14.1. The highest BCUT2D eigenvalue weighted by Gasteiger charge is 2.31. The summed E-state index contributed by atoms with van der Waals surface area (Å²) in [4.78, 5) is 3.47. The quantitative estimate of drug-likeness (QED) is 0.406. The normalized spacial score (nSPS) is 17.9. The van der Waals surface area contributed by atoms with Crippen LogP contribution in [0.3, 0.4) is 0 Å². The zero-order valence-corrected chi connectivity index (χ0v) is 18.6. The number of ether oxygens (including phenoxy) is 2. The first-order chi connectivity index (χ1) is 15.2. The van der Waals surface area contributed by atoms with E-state index in [1.54, 1.807) is 23.9 Å². The molecule has 3 nitrogen and oxygen atoms in total. The first-order valence-electron chi connectivity index (χ1n) is 10.7. The van der Waals surface area contributed by atoms with Crippen LogP contribution in [0.5, 0.6) is 5.75 Å². The molecule has 0 saturated carbocycles. The molecule has 1 aliphatic rings. The van der Waals surface area contributed by atoms with Crippen molar-refractivity contribution in [2.75, 3.05) is 26.3 Å². The molecule has 1 saturated heterocycles. The predicted molar refractivity (Wildman–Crippen MR) is 124 cm³/mol. The van der Waals surface area contributed by atoms with Gasteiger partial charge in [-0.05, 0) is 42.3 Å². The van der Waals surface area contributed by atoms with E-state index < -0.39 is 0 Å². The highest BCUT2D eigenvalue weighted by atomic mass is 32.2. The van der Waals surface area contributed by atoms with Crippen LogP contribution >= 0.6 is 11.8 Å². The number of hydrogen-bond donors (Lipinski definition) is 0. The van der Waals surface area contributed by atoms with Gasteiger partial charge in [0.1, 0.15) is 11.6 Å². The van der Waals surface area contributed by atoms with Gasteiger partial charge in [0, 0.05) is 19.6 Å². The van der Waals surface area contributed by atoms with E-state index in [1.165, 1.54) is 11.6 Å². The fourth-order valence-corrected chi connectivity index (χ4v) is 5.17. The molecule has 1 aliphatic heterocycles. The first-order valence-corrected chi connectivity index (χ1v) is 11.6. The van der Waals surface area contributed by atoms with Gasteiger partial charge in [-0.25, -0.2) is 4.39 Å². The zero-order chi connectivity index (χ0) is 21.5. The average molecular weight is 438 g/mol. The van der Waals surface area contributed by atoms with E-state index in [9.17, 15) is 4.39 Å². The molecule has 0 spiro atoms. The van der Waals surface area contributed by atoms with Gasteiger partial charge in [0.05, 0.1) is 29.5 Å². The molecule has 3 aromatic rings. The van der Waals surface area contributed by atoms with Crippen molar-refractivity contribution in [1.82, 2.24) is 4.90 Å². The van der Waals surface area contributed by atoms with Gasteiger partial charge in [-0.15, -0.1) is 11.8 Å². The van der Waals surface area contributed by atoms with Crippen LogP contribution in [-0.4, -0.2) is 37.3 Å². The Hall–Kier alpha value is -2.34. The lowest BCUT2D eigenvalue weighted by Crippen LogP contribution is -2.44. The van der Waals surface area contributed by atoms with Crippen LogP contribution in [0, 0.1) is 5.82 Å². The Kier molecular flexibility index (Phi) is 7.62. The van der Waals surface area contributed by atoms with Crippen molar-refractivity contribution < 1.29 is 13.9 Å². The van der Waals surface area contributed by atoms with E-state index in [1.807, 2.05) is 37.3 Å². The number of benzene rings is 3. The molecule has 0 aromatic heterocycles. The van der Waals surface area contributed by atoms with Gasteiger partial charge in [-0.2, -0.15) is 0 Å². The Morgan fingerprint density at radius 3 is 2.68 bits per heavy atom. The lowest BCUT2D eigenvalue weighted by molar-refractivity contribution is -0.0320. The molecule has 1 fully saturated rings. The van der Waals surface area contributed by atoms with Gasteiger partial charge in [-0.1, -0.05) is 54.6 Å². The third kappa shape index (κ3) is 5.88. The van der Waals surface area contributed by atoms with Gasteiger partial charge in [0.2, 0.25) is 0 Å². The minimum Gasteiger partial charge on any atom is -0.493 e. The maximum atomic E-state index is 14.1. The van der Waals surface area contributed by atoms with Crippen LogP contribution in [0.2, 0.25) is 0 Å². The molecule has 162 valence electrons. The van der Waals surface area contributed by atoms with E-state index in [0.29, 0.717) is 13.2 Å². The number of morpholine rings is 1. The number of hydrogen-bond acceptors (Lipinski definition) is 4. The van der Waals surface area contributed by atoms with Gasteiger partial charge in [-0.3, -0.25) is 4.90 Å². The van der Waals surface area contributed by atoms with Crippen molar-refractivity contribution in [3.8, 4) is 5.75 Å². The third-order valence-corrected chi connectivity index (χ3v) is 6.77. The second-order valence-corrected chi connectivity index (χ2v) is 8.79. The molecule has 3 aromatic carbocycles. The number of rotatable bonds is 8. The van der Waals surface area contributed by atoms with E-state index in [4.69, 9.17) is 9.47 Å². The number of nitrogens with zero attached hydrogens (tertiary/aromatic N) is 1. The highest BCUT2D eigenvalue weighted by Crippen LogP contribution is 2.43. The van der Waals surface area contributed by atoms with Crippen LogP contribution < -0.4 is 4.74 Å². The minimum absolute atomic E-state index is 0.0455. The highest BCUT2D eigenvalue weighted by molar-refractivity contribution is 7.99. The Morgan fingerprint density at radius 1 is 1.06 bits per heavy atom. The average Bonchev–Trinajstić information content (AvgIpc) is 2.79. The minimum atomic E-state index is -0.224. The fraction of sp³-hybridized carbons (Fsp3) is 0.308. The number of para-hydroxylation sites is 1. The molecule has 0 unspecified atom stereocenters. The summed E-state index contributed by atoms with van der Waals surface area (Å²) in [5, 5.41) is -0.0455. The van der Waals surface area contributed by atoms with Crippen molar-refractivity contribution >= 4 is 11.8 Å². The standard InChI is InChI=1S/C26H28FNO2S/c1-2-29-23-13-6-7-14-25(23)31-26(21-11-8-12-22(27)17-21)24-19-28(15-16-30-24)18-20-9-4-3-5-10-20/h3-14,17,24,26H,2,15-16,18-19H2,1H3/t24-,26-/m0/s1. The van der Waals surface area contributed by atoms with Crippen LogP contribution in [0.4, 0.5) is 4.39 Å². The number of thioether (sulfide) groups is 1. The Labute approximate surface area is 188 Å². The smallest absolute Gasteiger partial charge is 0.132 e. The maximum Gasteiger partial charge on any atom is 0.132 e. The summed E-state index contributed by atoms with van der Waals surface area (Å²) in [6.07, 6.45) is -0.0565. The molecule has 4 rings (SSSR count). The largest absolute Gasteiger partial charge is 0.493 e. The summed E-state index contributed by atoms with van der Waals surface area (Å²) >= 11 is 1.69. The Balaban J connectivity index is 1.58. The topological polar surface area (TPSA) is 21.7 Å².